The maximum atomic E-state index is 5.76. The van der Waals surface area contributed by atoms with Crippen molar-refractivity contribution in [3.8, 4) is 5.75 Å². The first-order chi connectivity index (χ1) is 8.34. The lowest BCUT2D eigenvalue weighted by atomic mass is 10.3. The van der Waals surface area contributed by atoms with Gasteiger partial charge in [0.1, 0.15) is 11.9 Å². The molecule has 0 saturated heterocycles. The third-order valence-corrected chi connectivity index (χ3v) is 2.53. The molecule has 0 fully saturated rings. The van der Waals surface area contributed by atoms with Gasteiger partial charge in [-0.15, -0.1) is 0 Å². The first kappa shape index (κ1) is 11.8. The van der Waals surface area contributed by atoms with Gasteiger partial charge in [-0.05, 0) is 25.5 Å². The fourth-order valence-corrected chi connectivity index (χ4v) is 1.66. The summed E-state index contributed by atoms with van der Waals surface area (Å²) in [5.41, 5.74) is 0. The predicted molar refractivity (Wildman–Crippen MR) is 69.5 cm³/mol. The van der Waals surface area contributed by atoms with Crippen LogP contribution >= 0.6 is 0 Å². The number of hydrogen-bond donors (Lipinski definition) is 2. The molecule has 0 radical (unpaired) electrons. The second-order valence-electron chi connectivity index (χ2n) is 4.13. The number of nitrogens with zero attached hydrogens (tertiary/aromatic N) is 1. The van der Waals surface area contributed by atoms with E-state index in [0.717, 1.165) is 37.8 Å². The monoisotopic (exact) mass is 233 g/mol. The highest BCUT2D eigenvalue weighted by atomic mass is 16.5. The maximum Gasteiger partial charge on any atom is 0.191 e. The van der Waals surface area contributed by atoms with E-state index in [1.807, 2.05) is 37.3 Å². The molecule has 0 saturated carbocycles. The van der Waals surface area contributed by atoms with Crippen molar-refractivity contribution in [3.63, 3.8) is 0 Å². The van der Waals surface area contributed by atoms with Gasteiger partial charge in [0.2, 0.25) is 0 Å². The highest BCUT2D eigenvalue weighted by Gasteiger charge is 2.07. The molecule has 2 rings (SSSR count). The molecule has 17 heavy (non-hydrogen) atoms. The Morgan fingerprint density at radius 1 is 1.41 bits per heavy atom. The summed E-state index contributed by atoms with van der Waals surface area (Å²) in [6, 6.07) is 9.86. The Morgan fingerprint density at radius 3 is 2.94 bits per heavy atom. The van der Waals surface area contributed by atoms with Crippen molar-refractivity contribution in [2.45, 2.75) is 19.4 Å². The molecule has 4 nitrogen and oxygen atoms in total. The SMILES string of the molecule is CC(CNC1=NCCCN1)Oc1ccccc1. The van der Waals surface area contributed by atoms with Crippen LogP contribution in [0.4, 0.5) is 0 Å². The van der Waals surface area contributed by atoms with Crippen LogP contribution in [0.1, 0.15) is 13.3 Å². The highest BCUT2D eigenvalue weighted by Crippen LogP contribution is 2.10. The number of hydrogen-bond acceptors (Lipinski definition) is 4. The van der Waals surface area contributed by atoms with Crippen LogP contribution in [0.15, 0.2) is 35.3 Å². The summed E-state index contributed by atoms with van der Waals surface area (Å²) in [5.74, 6) is 1.79. The average Bonchev–Trinajstić information content (AvgIpc) is 2.39. The quantitative estimate of drug-likeness (QED) is 0.826. The summed E-state index contributed by atoms with van der Waals surface area (Å²) >= 11 is 0. The van der Waals surface area contributed by atoms with Crippen LogP contribution in [0, 0.1) is 0 Å². The predicted octanol–water partition coefficient (Wildman–Crippen LogP) is 1.39. The second-order valence-corrected chi connectivity index (χ2v) is 4.13. The third kappa shape index (κ3) is 3.98. The van der Waals surface area contributed by atoms with Crippen LogP contribution < -0.4 is 15.4 Å². The average molecular weight is 233 g/mol. The fourth-order valence-electron chi connectivity index (χ4n) is 1.66. The van der Waals surface area contributed by atoms with Crippen LogP contribution in [0.2, 0.25) is 0 Å². The van der Waals surface area contributed by atoms with Crippen molar-refractivity contribution in [3.05, 3.63) is 30.3 Å². The molecule has 1 aliphatic rings. The smallest absolute Gasteiger partial charge is 0.191 e. The Bertz CT molecular complexity index is 364. The van der Waals surface area contributed by atoms with E-state index in [0.29, 0.717) is 0 Å². The van der Waals surface area contributed by atoms with Gasteiger partial charge in [0.25, 0.3) is 0 Å². The number of nitrogens with one attached hydrogen (secondary N) is 2. The molecule has 92 valence electrons. The summed E-state index contributed by atoms with van der Waals surface area (Å²) < 4.78 is 5.76. The second kappa shape index (κ2) is 6.13. The van der Waals surface area contributed by atoms with Crippen LogP contribution in [0.25, 0.3) is 0 Å². The van der Waals surface area contributed by atoms with Crippen molar-refractivity contribution < 1.29 is 4.74 Å². The lowest BCUT2D eigenvalue weighted by molar-refractivity contribution is 0.223. The number of rotatable bonds is 4. The van der Waals surface area contributed by atoms with Gasteiger partial charge in [-0.1, -0.05) is 18.2 Å². The van der Waals surface area contributed by atoms with E-state index >= 15 is 0 Å². The van der Waals surface area contributed by atoms with Gasteiger partial charge in [-0.25, -0.2) is 0 Å². The minimum Gasteiger partial charge on any atom is -0.489 e. The molecule has 1 heterocycles. The minimum absolute atomic E-state index is 0.115. The molecule has 4 heteroatoms. The van der Waals surface area contributed by atoms with E-state index in [2.05, 4.69) is 15.6 Å². The van der Waals surface area contributed by atoms with Crippen molar-refractivity contribution >= 4 is 5.96 Å². The first-order valence-corrected chi connectivity index (χ1v) is 6.08. The van der Waals surface area contributed by atoms with Crippen LogP contribution in [-0.4, -0.2) is 31.7 Å². The molecule has 0 bridgehead atoms. The van der Waals surface area contributed by atoms with E-state index in [1.165, 1.54) is 0 Å². The van der Waals surface area contributed by atoms with Gasteiger partial charge >= 0.3 is 0 Å². The van der Waals surface area contributed by atoms with E-state index < -0.39 is 0 Å². The number of ether oxygens (including phenoxy) is 1. The number of benzene rings is 1. The molecular weight excluding hydrogens is 214 g/mol. The molecule has 1 unspecified atom stereocenters. The third-order valence-electron chi connectivity index (χ3n) is 2.53. The molecule has 1 aliphatic heterocycles. The van der Waals surface area contributed by atoms with E-state index in [4.69, 9.17) is 4.74 Å². The molecular formula is C13H19N3O. The van der Waals surface area contributed by atoms with Gasteiger partial charge in [-0.3, -0.25) is 4.99 Å². The summed E-state index contributed by atoms with van der Waals surface area (Å²) in [5, 5.41) is 6.48. The zero-order chi connectivity index (χ0) is 11.9. The van der Waals surface area contributed by atoms with Crippen LogP contribution in [0.5, 0.6) is 5.75 Å². The summed E-state index contributed by atoms with van der Waals surface area (Å²) in [4.78, 5) is 4.35. The first-order valence-electron chi connectivity index (χ1n) is 6.08. The minimum atomic E-state index is 0.115. The Morgan fingerprint density at radius 2 is 2.24 bits per heavy atom. The Balaban J connectivity index is 1.74. The number of para-hydroxylation sites is 1. The number of guanidine groups is 1. The Labute approximate surface area is 102 Å². The van der Waals surface area contributed by atoms with Crippen molar-refractivity contribution in [2.24, 2.45) is 4.99 Å². The van der Waals surface area contributed by atoms with E-state index in [1.54, 1.807) is 0 Å². The topological polar surface area (TPSA) is 45.7 Å². The van der Waals surface area contributed by atoms with Crippen molar-refractivity contribution in [1.82, 2.24) is 10.6 Å². The zero-order valence-electron chi connectivity index (χ0n) is 10.1. The van der Waals surface area contributed by atoms with Gasteiger partial charge in [-0.2, -0.15) is 0 Å². The lowest BCUT2D eigenvalue weighted by Gasteiger charge is -2.19. The van der Waals surface area contributed by atoms with Gasteiger partial charge in [0.05, 0.1) is 6.54 Å². The maximum absolute atomic E-state index is 5.76. The van der Waals surface area contributed by atoms with Gasteiger partial charge in [0.15, 0.2) is 5.96 Å². The largest absolute Gasteiger partial charge is 0.489 e. The Hall–Kier alpha value is -1.71. The molecule has 1 aromatic carbocycles. The van der Waals surface area contributed by atoms with Crippen LogP contribution in [-0.2, 0) is 0 Å². The molecule has 2 N–H and O–H groups in total. The van der Waals surface area contributed by atoms with Gasteiger partial charge < -0.3 is 15.4 Å². The Kier molecular flexibility index (Phi) is 4.24. The summed E-state index contributed by atoms with van der Waals surface area (Å²) in [7, 11) is 0. The molecule has 1 aromatic rings. The molecule has 0 aliphatic carbocycles. The normalized spacial score (nSPS) is 16.6. The van der Waals surface area contributed by atoms with Crippen molar-refractivity contribution in [2.75, 3.05) is 19.6 Å². The molecule has 1 atom stereocenters. The summed E-state index contributed by atoms with van der Waals surface area (Å²) in [6.45, 7) is 4.70. The molecule has 0 amide bonds. The zero-order valence-corrected chi connectivity index (χ0v) is 10.1. The molecule has 0 spiro atoms. The lowest BCUT2D eigenvalue weighted by Crippen LogP contribution is -2.44. The van der Waals surface area contributed by atoms with E-state index in [9.17, 15) is 0 Å². The van der Waals surface area contributed by atoms with Crippen molar-refractivity contribution in [1.29, 1.82) is 0 Å². The number of aliphatic imine (C=N–C) groups is 1. The van der Waals surface area contributed by atoms with Gasteiger partial charge in [0, 0.05) is 13.1 Å². The highest BCUT2D eigenvalue weighted by molar-refractivity contribution is 5.80. The standard InChI is InChI=1S/C13H19N3O/c1-11(17-12-6-3-2-4-7-12)10-16-13-14-8-5-9-15-13/h2-4,6-7,11H,5,8-10H2,1H3,(H2,14,15,16). The summed E-state index contributed by atoms with van der Waals surface area (Å²) in [6.07, 6.45) is 1.23. The van der Waals surface area contributed by atoms with E-state index in [-0.39, 0.29) is 6.10 Å². The molecule has 0 aromatic heterocycles. The fraction of sp³-hybridized carbons (Fsp3) is 0.462. The van der Waals surface area contributed by atoms with Crippen LogP contribution in [0.3, 0.4) is 0 Å².